The number of aliphatic carboxylic acids is 1. The van der Waals surface area contributed by atoms with Crippen molar-refractivity contribution in [2.75, 3.05) is 0 Å². The molecule has 3 atom stereocenters. The van der Waals surface area contributed by atoms with Crippen LogP contribution in [0.2, 0.25) is 13.1 Å². The molecule has 0 fully saturated rings. The Labute approximate surface area is 200 Å². The highest BCUT2D eigenvalue weighted by Gasteiger charge is 2.44. The Bertz CT molecular complexity index is 852. The van der Waals surface area contributed by atoms with E-state index in [9.17, 15) is 14.7 Å². The first kappa shape index (κ1) is 27.1. The quantitative estimate of drug-likeness (QED) is 0.461. The van der Waals surface area contributed by atoms with Gasteiger partial charge in [-0.2, -0.15) is 0 Å². The lowest BCUT2D eigenvalue weighted by Crippen LogP contribution is -2.51. The minimum atomic E-state index is -1.53. The summed E-state index contributed by atoms with van der Waals surface area (Å²) in [5.74, 6) is -1.11. The highest BCUT2D eigenvalue weighted by molar-refractivity contribution is 6.48. The van der Waals surface area contributed by atoms with Gasteiger partial charge < -0.3 is 19.6 Å². The van der Waals surface area contributed by atoms with Crippen molar-refractivity contribution in [1.82, 2.24) is 5.32 Å². The van der Waals surface area contributed by atoms with E-state index in [0.717, 1.165) is 17.6 Å². The van der Waals surface area contributed by atoms with Crippen LogP contribution in [0.25, 0.3) is 0 Å². The summed E-state index contributed by atoms with van der Waals surface area (Å²) < 4.78 is 12.2. The van der Waals surface area contributed by atoms with Crippen LogP contribution in [0.5, 0.6) is 0 Å². The number of hydrogen-bond acceptors (Lipinski definition) is 4. The van der Waals surface area contributed by atoms with E-state index in [1.807, 2.05) is 51.1 Å². The molecule has 0 aromatic heterocycles. The zero-order valence-corrected chi connectivity index (χ0v) is 22.6. The zero-order chi connectivity index (χ0) is 25.0. The number of carboxylic acids is 1. The van der Waals surface area contributed by atoms with E-state index in [1.54, 1.807) is 0 Å². The van der Waals surface area contributed by atoms with Crippen molar-refractivity contribution in [2.45, 2.75) is 91.6 Å². The van der Waals surface area contributed by atoms with Gasteiger partial charge in [0.25, 0.3) is 0 Å². The average Bonchev–Trinajstić information content (AvgIpc) is 3.13. The van der Waals surface area contributed by atoms with Crippen LogP contribution in [0.3, 0.4) is 0 Å². The normalized spacial score (nSPS) is 17.6. The highest BCUT2D eigenvalue weighted by atomic mass is 28.3. The summed E-state index contributed by atoms with van der Waals surface area (Å²) in [5, 5.41) is 13.1. The maximum atomic E-state index is 13.0. The maximum absolute atomic E-state index is 13.0. The fourth-order valence-electron chi connectivity index (χ4n) is 4.72. The van der Waals surface area contributed by atoms with Crippen molar-refractivity contribution >= 4 is 21.1 Å². The number of carbonyl (C=O) groups excluding carboxylic acids is 1. The molecular formula is C26H41NO5Si. The molecule has 2 N–H and O–H groups in total. The standard InChI is InChI=1S/C26H41NO5Si/c1-25(2,3)20(18-15-12-16-19(18)23(28)29)21(27-24(30)31-26(4,5)6)22(32-33(7)8)17-13-10-9-11-14-17/h9-11,13-14,20-22,33H,12,15-16H2,1-8H3,(H,27,30)(H,28,29). The Balaban J connectivity index is 2.67. The lowest BCUT2D eigenvalue weighted by Gasteiger charge is -2.43. The molecule has 2 rings (SSSR count). The molecule has 0 bridgehead atoms. The highest BCUT2D eigenvalue weighted by Crippen LogP contribution is 2.46. The molecule has 6 nitrogen and oxygen atoms in total. The van der Waals surface area contributed by atoms with Crippen LogP contribution in [0.15, 0.2) is 41.5 Å². The Kier molecular flexibility index (Phi) is 8.93. The third kappa shape index (κ3) is 7.71. The van der Waals surface area contributed by atoms with Gasteiger partial charge in [0.2, 0.25) is 0 Å². The third-order valence-corrected chi connectivity index (χ3v) is 6.58. The molecule has 0 heterocycles. The zero-order valence-electron chi connectivity index (χ0n) is 21.4. The molecule has 0 saturated carbocycles. The van der Waals surface area contributed by atoms with Crippen LogP contribution in [0.4, 0.5) is 4.79 Å². The van der Waals surface area contributed by atoms with Gasteiger partial charge in [-0.15, -0.1) is 0 Å². The van der Waals surface area contributed by atoms with Crippen molar-refractivity contribution in [3.63, 3.8) is 0 Å². The van der Waals surface area contributed by atoms with E-state index in [0.29, 0.717) is 18.4 Å². The second-order valence-electron chi connectivity index (χ2n) is 11.2. The molecule has 1 amide bonds. The monoisotopic (exact) mass is 475 g/mol. The lowest BCUT2D eigenvalue weighted by atomic mass is 9.69. The average molecular weight is 476 g/mol. The minimum absolute atomic E-state index is 0.239. The Morgan fingerprint density at radius 2 is 1.64 bits per heavy atom. The number of hydrogen-bond donors (Lipinski definition) is 2. The van der Waals surface area contributed by atoms with Crippen LogP contribution >= 0.6 is 0 Å². The van der Waals surface area contributed by atoms with E-state index >= 15 is 0 Å². The molecule has 184 valence electrons. The van der Waals surface area contributed by atoms with Gasteiger partial charge in [-0.3, -0.25) is 0 Å². The maximum Gasteiger partial charge on any atom is 0.407 e. The number of carbonyl (C=O) groups is 2. The van der Waals surface area contributed by atoms with Gasteiger partial charge in [-0.05, 0) is 64.1 Å². The Hall–Kier alpha value is -2.12. The largest absolute Gasteiger partial charge is 0.478 e. The molecule has 1 aromatic rings. The van der Waals surface area contributed by atoms with E-state index in [4.69, 9.17) is 9.16 Å². The van der Waals surface area contributed by atoms with Crippen LogP contribution in [-0.2, 0) is 14.0 Å². The number of carboxylic acid groups (broad SMARTS) is 1. The molecule has 33 heavy (non-hydrogen) atoms. The first-order chi connectivity index (χ1) is 15.2. The van der Waals surface area contributed by atoms with Gasteiger partial charge in [0.05, 0.1) is 12.1 Å². The molecule has 1 aliphatic carbocycles. The molecule has 1 aromatic carbocycles. The fraction of sp³-hybridized carbons (Fsp3) is 0.615. The van der Waals surface area contributed by atoms with Gasteiger partial charge >= 0.3 is 12.1 Å². The van der Waals surface area contributed by atoms with E-state index in [1.165, 1.54) is 0 Å². The minimum Gasteiger partial charge on any atom is -0.478 e. The van der Waals surface area contributed by atoms with E-state index < -0.39 is 38.8 Å². The van der Waals surface area contributed by atoms with Crippen LogP contribution in [0, 0.1) is 11.3 Å². The molecule has 0 spiro atoms. The Morgan fingerprint density at radius 1 is 1.03 bits per heavy atom. The molecule has 0 aliphatic heterocycles. The number of benzene rings is 1. The van der Waals surface area contributed by atoms with Crippen LogP contribution < -0.4 is 5.32 Å². The summed E-state index contributed by atoms with van der Waals surface area (Å²) in [4.78, 5) is 25.1. The number of nitrogens with one attached hydrogen (secondary N) is 1. The van der Waals surface area contributed by atoms with Crippen molar-refractivity contribution in [3.05, 3.63) is 47.0 Å². The molecule has 3 unspecified atom stereocenters. The first-order valence-corrected chi connectivity index (χ1v) is 14.6. The van der Waals surface area contributed by atoms with Crippen LogP contribution in [0.1, 0.15) is 72.5 Å². The predicted octanol–water partition coefficient (Wildman–Crippen LogP) is 5.85. The number of alkyl carbamates (subject to hydrolysis) is 1. The molecule has 0 saturated heterocycles. The number of rotatable bonds is 8. The SMILES string of the molecule is C[SiH](C)OC(c1ccccc1)C(NC(=O)OC(C)(C)C)C(C1=C(C(=O)O)CCC1)C(C)(C)C. The summed E-state index contributed by atoms with van der Waals surface area (Å²) in [6.45, 7) is 16.0. The van der Waals surface area contributed by atoms with E-state index in [2.05, 4.69) is 39.2 Å². The van der Waals surface area contributed by atoms with Gasteiger partial charge in [0.15, 0.2) is 9.04 Å². The summed E-state index contributed by atoms with van der Waals surface area (Å²) in [7, 11) is -1.53. The molecular weight excluding hydrogens is 434 g/mol. The third-order valence-electron chi connectivity index (χ3n) is 5.74. The summed E-state index contributed by atoms with van der Waals surface area (Å²) in [6.07, 6.45) is 1.12. The van der Waals surface area contributed by atoms with Crippen molar-refractivity contribution < 1.29 is 23.9 Å². The topological polar surface area (TPSA) is 84.9 Å². The molecule has 7 heteroatoms. The number of ether oxygens (including phenoxy) is 1. The smallest absolute Gasteiger partial charge is 0.407 e. The summed E-state index contributed by atoms with van der Waals surface area (Å²) >= 11 is 0. The summed E-state index contributed by atoms with van der Waals surface area (Å²) in [5.41, 5.74) is 1.37. The Morgan fingerprint density at radius 3 is 2.12 bits per heavy atom. The lowest BCUT2D eigenvalue weighted by molar-refractivity contribution is -0.132. The van der Waals surface area contributed by atoms with Crippen molar-refractivity contribution in [2.24, 2.45) is 11.3 Å². The molecule has 0 radical (unpaired) electrons. The van der Waals surface area contributed by atoms with Gasteiger partial charge in [-0.25, -0.2) is 9.59 Å². The van der Waals surface area contributed by atoms with E-state index in [-0.39, 0.29) is 11.3 Å². The fourth-order valence-corrected chi connectivity index (χ4v) is 5.63. The molecule has 1 aliphatic rings. The van der Waals surface area contributed by atoms with Crippen molar-refractivity contribution in [1.29, 1.82) is 0 Å². The van der Waals surface area contributed by atoms with Gasteiger partial charge in [-0.1, -0.05) is 56.7 Å². The first-order valence-electron chi connectivity index (χ1n) is 11.9. The predicted molar refractivity (Wildman–Crippen MR) is 134 cm³/mol. The van der Waals surface area contributed by atoms with Gasteiger partial charge in [0.1, 0.15) is 5.60 Å². The van der Waals surface area contributed by atoms with Crippen LogP contribution in [-0.4, -0.2) is 37.9 Å². The second kappa shape index (κ2) is 10.9. The van der Waals surface area contributed by atoms with Crippen molar-refractivity contribution in [3.8, 4) is 0 Å². The second-order valence-corrected chi connectivity index (χ2v) is 13.6. The number of amides is 1. The van der Waals surface area contributed by atoms with Gasteiger partial charge in [0, 0.05) is 11.5 Å². The summed E-state index contributed by atoms with van der Waals surface area (Å²) in [6, 6.07) is 9.40.